The molecule has 2 amide bonds. The quantitative estimate of drug-likeness (QED) is 0.812. The SMILES string of the molecule is COC(=O)c1c(C2CC2)csc1NC(=O)N1CCC(C(=O)O)CC1. The molecule has 2 N–H and O–H groups in total. The van der Waals surface area contributed by atoms with Crippen molar-refractivity contribution in [2.24, 2.45) is 5.92 Å². The maximum atomic E-state index is 12.4. The molecule has 0 spiro atoms. The second-order valence-corrected chi connectivity index (χ2v) is 7.07. The number of methoxy groups -OCH3 is 1. The molecule has 1 aliphatic carbocycles. The van der Waals surface area contributed by atoms with Gasteiger partial charge in [0.1, 0.15) is 5.00 Å². The summed E-state index contributed by atoms with van der Waals surface area (Å²) in [6, 6.07) is -0.298. The second kappa shape index (κ2) is 6.80. The zero-order valence-corrected chi connectivity index (χ0v) is 14.2. The molecular weight excluding hydrogens is 332 g/mol. The normalized spacial score (nSPS) is 18.3. The summed E-state index contributed by atoms with van der Waals surface area (Å²) < 4.78 is 4.86. The number of ether oxygens (including phenoxy) is 1. The number of urea groups is 1. The van der Waals surface area contributed by atoms with E-state index in [2.05, 4.69) is 5.32 Å². The van der Waals surface area contributed by atoms with Crippen molar-refractivity contribution in [3.05, 3.63) is 16.5 Å². The molecule has 0 unspecified atom stereocenters. The fraction of sp³-hybridized carbons (Fsp3) is 0.562. The number of thiophene rings is 1. The molecule has 2 aliphatic rings. The minimum atomic E-state index is -0.810. The summed E-state index contributed by atoms with van der Waals surface area (Å²) in [7, 11) is 1.33. The van der Waals surface area contributed by atoms with Gasteiger partial charge in [-0.25, -0.2) is 9.59 Å². The van der Waals surface area contributed by atoms with E-state index >= 15 is 0 Å². The van der Waals surface area contributed by atoms with Crippen molar-refractivity contribution in [2.45, 2.75) is 31.6 Å². The molecule has 130 valence electrons. The Labute approximate surface area is 143 Å². The van der Waals surface area contributed by atoms with E-state index in [4.69, 9.17) is 9.84 Å². The number of nitrogens with zero attached hydrogens (tertiary/aromatic N) is 1. The molecule has 1 aromatic rings. The number of hydrogen-bond donors (Lipinski definition) is 2. The fourth-order valence-electron chi connectivity index (χ4n) is 2.98. The van der Waals surface area contributed by atoms with Gasteiger partial charge in [0, 0.05) is 13.1 Å². The number of nitrogens with one attached hydrogen (secondary N) is 1. The van der Waals surface area contributed by atoms with Crippen molar-refractivity contribution < 1.29 is 24.2 Å². The van der Waals surface area contributed by atoms with Gasteiger partial charge in [-0.1, -0.05) is 0 Å². The van der Waals surface area contributed by atoms with Crippen LogP contribution in [0.5, 0.6) is 0 Å². The monoisotopic (exact) mass is 352 g/mol. The molecule has 24 heavy (non-hydrogen) atoms. The third-order valence-corrected chi connectivity index (χ3v) is 5.49. The fourth-order valence-corrected chi connectivity index (χ4v) is 4.00. The lowest BCUT2D eigenvalue weighted by atomic mass is 9.97. The van der Waals surface area contributed by atoms with E-state index in [1.165, 1.54) is 18.4 Å². The molecule has 1 saturated heterocycles. The Bertz CT molecular complexity index is 659. The van der Waals surface area contributed by atoms with E-state index in [-0.39, 0.29) is 11.9 Å². The van der Waals surface area contributed by atoms with Crippen LogP contribution in [0.1, 0.15) is 47.5 Å². The molecule has 0 atom stereocenters. The lowest BCUT2D eigenvalue weighted by Crippen LogP contribution is -2.42. The predicted molar refractivity (Wildman–Crippen MR) is 88.6 cm³/mol. The van der Waals surface area contributed by atoms with Crippen molar-refractivity contribution in [3.8, 4) is 0 Å². The summed E-state index contributed by atoms with van der Waals surface area (Å²) >= 11 is 1.33. The van der Waals surface area contributed by atoms with Crippen LogP contribution in [0.25, 0.3) is 0 Å². The Morgan fingerprint density at radius 2 is 1.92 bits per heavy atom. The van der Waals surface area contributed by atoms with Gasteiger partial charge in [-0.3, -0.25) is 10.1 Å². The van der Waals surface area contributed by atoms with Crippen molar-refractivity contribution >= 4 is 34.3 Å². The molecule has 0 radical (unpaired) electrons. The first-order valence-corrected chi connectivity index (χ1v) is 8.87. The molecule has 1 saturated carbocycles. The molecule has 3 rings (SSSR count). The van der Waals surface area contributed by atoms with Crippen LogP contribution in [-0.4, -0.2) is 48.2 Å². The first kappa shape index (κ1) is 16.8. The molecule has 1 aromatic heterocycles. The maximum Gasteiger partial charge on any atom is 0.341 e. The van der Waals surface area contributed by atoms with Gasteiger partial charge in [-0.2, -0.15) is 0 Å². The number of carboxylic acid groups (broad SMARTS) is 1. The van der Waals surface area contributed by atoms with E-state index in [1.54, 1.807) is 4.90 Å². The smallest absolute Gasteiger partial charge is 0.341 e. The van der Waals surface area contributed by atoms with Gasteiger partial charge in [0.2, 0.25) is 0 Å². The molecule has 7 nitrogen and oxygen atoms in total. The molecule has 2 fully saturated rings. The topological polar surface area (TPSA) is 95.9 Å². The Kier molecular flexibility index (Phi) is 4.75. The van der Waals surface area contributed by atoms with Crippen LogP contribution in [0.15, 0.2) is 5.38 Å². The highest BCUT2D eigenvalue weighted by Crippen LogP contribution is 2.46. The first-order chi connectivity index (χ1) is 11.5. The van der Waals surface area contributed by atoms with Crippen molar-refractivity contribution in [2.75, 3.05) is 25.5 Å². The molecule has 8 heteroatoms. The van der Waals surface area contributed by atoms with E-state index in [0.717, 1.165) is 18.4 Å². The van der Waals surface area contributed by atoms with Crippen LogP contribution >= 0.6 is 11.3 Å². The van der Waals surface area contributed by atoms with Crippen LogP contribution in [0.2, 0.25) is 0 Å². The van der Waals surface area contributed by atoms with Crippen LogP contribution < -0.4 is 5.32 Å². The number of esters is 1. The number of amides is 2. The van der Waals surface area contributed by atoms with Crippen LogP contribution in [0.4, 0.5) is 9.80 Å². The largest absolute Gasteiger partial charge is 0.481 e. The highest BCUT2D eigenvalue weighted by Gasteiger charge is 2.33. The van der Waals surface area contributed by atoms with Gasteiger partial charge in [0.15, 0.2) is 0 Å². The summed E-state index contributed by atoms with van der Waals surface area (Å²) in [5, 5.41) is 14.2. The minimum absolute atomic E-state index is 0.298. The number of aliphatic carboxylic acids is 1. The number of carbonyl (C=O) groups is 3. The van der Waals surface area contributed by atoms with Gasteiger partial charge in [-0.15, -0.1) is 11.3 Å². The highest BCUT2D eigenvalue weighted by molar-refractivity contribution is 7.15. The van der Waals surface area contributed by atoms with Gasteiger partial charge in [0.05, 0.1) is 18.6 Å². The lowest BCUT2D eigenvalue weighted by molar-refractivity contribution is -0.143. The van der Waals surface area contributed by atoms with Gasteiger partial charge >= 0.3 is 18.0 Å². The summed E-state index contributed by atoms with van der Waals surface area (Å²) in [5.41, 5.74) is 1.41. The van der Waals surface area contributed by atoms with Crippen LogP contribution in [-0.2, 0) is 9.53 Å². The average molecular weight is 352 g/mol. The van der Waals surface area contributed by atoms with E-state index in [1.807, 2.05) is 5.38 Å². The van der Waals surface area contributed by atoms with E-state index in [0.29, 0.717) is 42.4 Å². The summed E-state index contributed by atoms with van der Waals surface area (Å²) in [6.45, 7) is 0.800. The van der Waals surface area contributed by atoms with E-state index < -0.39 is 11.9 Å². The third-order valence-electron chi connectivity index (χ3n) is 4.58. The average Bonchev–Trinajstić information content (AvgIpc) is 3.35. The lowest BCUT2D eigenvalue weighted by Gasteiger charge is -2.30. The maximum absolute atomic E-state index is 12.4. The minimum Gasteiger partial charge on any atom is -0.481 e. The zero-order chi connectivity index (χ0) is 17.3. The number of hydrogen-bond acceptors (Lipinski definition) is 5. The number of anilines is 1. The van der Waals surface area contributed by atoms with E-state index in [9.17, 15) is 14.4 Å². The molecule has 0 bridgehead atoms. The van der Waals surface area contributed by atoms with Crippen molar-refractivity contribution in [1.29, 1.82) is 0 Å². The highest BCUT2D eigenvalue weighted by atomic mass is 32.1. The Morgan fingerprint density at radius 3 is 2.46 bits per heavy atom. The van der Waals surface area contributed by atoms with Gasteiger partial charge in [-0.05, 0) is 42.5 Å². The van der Waals surface area contributed by atoms with Gasteiger partial charge in [0.25, 0.3) is 0 Å². The molecule has 1 aliphatic heterocycles. The predicted octanol–water partition coefficient (Wildman–Crippen LogP) is 2.74. The second-order valence-electron chi connectivity index (χ2n) is 6.19. The molecule has 2 heterocycles. The van der Waals surface area contributed by atoms with Crippen molar-refractivity contribution in [3.63, 3.8) is 0 Å². The Hall–Kier alpha value is -2.09. The zero-order valence-electron chi connectivity index (χ0n) is 13.4. The number of carboxylic acids is 1. The first-order valence-electron chi connectivity index (χ1n) is 7.99. The summed E-state index contributed by atoms with van der Waals surface area (Å²) in [5.74, 6) is -1.25. The Balaban J connectivity index is 1.69. The van der Waals surface area contributed by atoms with Crippen LogP contribution in [0.3, 0.4) is 0 Å². The molecular formula is C16H20N2O5S. The summed E-state index contributed by atoms with van der Waals surface area (Å²) in [4.78, 5) is 37.1. The number of piperidine rings is 1. The number of carbonyl (C=O) groups excluding carboxylic acids is 2. The number of rotatable bonds is 4. The summed E-state index contributed by atoms with van der Waals surface area (Å²) in [6.07, 6.45) is 3.00. The molecule has 0 aromatic carbocycles. The van der Waals surface area contributed by atoms with Gasteiger partial charge < -0.3 is 14.7 Å². The third kappa shape index (κ3) is 3.38. The standard InChI is InChI=1S/C16H20N2O5S/c1-23-15(21)12-11(9-2-3-9)8-24-13(12)17-16(22)18-6-4-10(5-7-18)14(19)20/h8-10H,2-7H2,1H3,(H,17,22)(H,19,20). The Morgan fingerprint density at radius 1 is 1.25 bits per heavy atom. The van der Waals surface area contributed by atoms with Crippen molar-refractivity contribution in [1.82, 2.24) is 4.90 Å². The number of likely N-dealkylation sites (tertiary alicyclic amines) is 1. The van der Waals surface area contributed by atoms with Crippen LogP contribution in [0, 0.1) is 5.92 Å².